The van der Waals surface area contributed by atoms with Crippen LogP contribution in [0.2, 0.25) is 19.6 Å². The number of anilines is 1. The molecule has 5 rings (SSSR count). The van der Waals surface area contributed by atoms with E-state index in [-0.39, 0.29) is 23.3 Å². The van der Waals surface area contributed by atoms with Gasteiger partial charge in [0.1, 0.15) is 11.4 Å². The average molecular weight is 648 g/mol. The SMILES string of the molecule is COc1c(CO[Si](C)(C)C)cc(C(C)(C)C)cc1NC(=O)c1cc2cccc(CN3CCN(C(=O)[C@@H]4CCCN4C)CC3)c2n1C. The standard InChI is InChI=1S/C36H53N5O4Si/c1-36(2,3)28-20-27(24-45-46(7,8)9)33(44-6)29(22-28)37-34(42)31-21-25-12-10-13-26(32(25)39(31)5)23-40-16-18-41(19-17-40)35(43)30-14-11-15-38(30)4/h10,12-13,20-22,30H,11,14-19,23-24H2,1-9H3,(H,37,42)/t30-/m0/s1. The number of likely N-dealkylation sites (tertiary alicyclic amines) is 1. The van der Waals surface area contributed by atoms with Gasteiger partial charge >= 0.3 is 0 Å². The lowest BCUT2D eigenvalue weighted by Crippen LogP contribution is -2.52. The number of piperazine rings is 1. The van der Waals surface area contributed by atoms with E-state index in [0.717, 1.165) is 74.1 Å². The first-order valence-corrected chi connectivity index (χ1v) is 20.0. The number of para-hydroxylation sites is 1. The summed E-state index contributed by atoms with van der Waals surface area (Å²) in [5.41, 5.74) is 5.38. The first kappa shape index (κ1) is 34.2. The van der Waals surface area contributed by atoms with Gasteiger partial charge in [-0.3, -0.25) is 19.4 Å². The normalized spacial score (nSPS) is 18.4. The number of benzene rings is 2. The van der Waals surface area contributed by atoms with Crippen LogP contribution in [-0.2, 0) is 34.8 Å². The second-order valence-corrected chi connectivity index (χ2v) is 19.5. The molecular formula is C36H53N5O4Si. The zero-order chi connectivity index (χ0) is 33.4. The summed E-state index contributed by atoms with van der Waals surface area (Å²) in [6.07, 6.45) is 2.06. The van der Waals surface area contributed by atoms with Gasteiger partial charge in [0.2, 0.25) is 5.91 Å². The van der Waals surface area contributed by atoms with Gasteiger partial charge in [-0.1, -0.05) is 39.0 Å². The molecule has 1 aromatic heterocycles. The molecule has 46 heavy (non-hydrogen) atoms. The van der Waals surface area contributed by atoms with E-state index < -0.39 is 8.32 Å². The number of nitrogens with one attached hydrogen (secondary N) is 1. The third kappa shape index (κ3) is 7.51. The molecule has 1 atom stereocenters. The maximum Gasteiger partial charge on any atom is 0.272 e. The number of likely N-dealkylation sites (N-methyl/N-ethyl adjacent to an activating group) is 1. The Balaban J connectivity index is 1.35. The fourth-order valence-electron chi connectivity index (χ4n) is 6.69. The van der Waals surface area contributed by atoms with E-state index in [0.29, 0.717) is 23.7 Å². The molecule has 9 nitrogen and oxygen atoms in total. The van der Waals surface area contributed by atoms with Crippen LogP contribution in [-0.4, -0.2) is 92.3 Å². The largest absolute Gasteiger partial charge is 0.494 e. The van der Waals surface area contributed by atoms with Gasteiger partial charge < -0.3 is 23.9 Å². The number of fused-ring (bicyclic) bond motifs is 1. The first-order chi connectivity index (χ1) is 21.7. The third-order valence-corrected chi connectivity index (χ3v) is 10.4. The minimum atomic E-state index is -1.77. The minimum Gasteiger partial charge on any atom is -0.494 e. The quantitative estimate of drug-likeness (QED) is 0.295. The van der Waals surface area contributed by atoms with Gasteiger partial charge in [0.05, 0.1) is 31.0 Å². The molecule has 0 aliphatic carbocycles. The summed E-state index contributed by atoms with van der Waals surface area (Å²) in [5, 5.41) is 4.22. The van der Waals surface area contributed by atoms with Crippen molar-refractivity contribution >= 4 is 36.7 Å². The zero-order valence-electron chi connectivity index (χ0n) is 29.3. The Morgan fingerprint density at radius 1 is 0.978 bits per heavy atom. The highest BCUT2D eigenvalue weighted by Gasteiger charge is 2.33. The van der Waals surface area contributed by atoms with E-state index in [1.807, 2.05) is 28.6 Å². The summed E-state index contributed by atoms with van der Waals surface area (Å²) >= 11 is 0. The van der Waals surface area contributed by atoms with Crippen LogP contribution in [0.1, 0.15) is 60.8 Å². The van der Waals surface area contributed by atoms with Crippen LogP contribution < -0.4 is 10.1 Å². The molecule has 0 saturated carbocycles. The number of hydrogen-bond acceptors (Lipinski definition) is 6. The lowest BCUT2D eigenvalue weighted by molar-refractivity contribution is -0.137. The van der Waals surface area contributed by atoms with Gasteiger partial charge in [-0.2, -0.15) is 0 Å². The van der Waals surface area contributed by atoms with Crippen molar-refractivity contribution in [2.45, 2.75) is 77.9 Å². The molecule has 2 aromatic carbocycles. The second-order valence-electron chi connectivity index (χ2n) is 15.0. The Kier molecular flexibility index (Phi) is 10.0. The van der Waals surface area contributed by atoms with E-state index in [9.17, 15) is 9.59 Å². The Morgan fingerprint density at radius 3 is 2.30 bits per heavy atom. The highest BCUT2D eigenvalue weighted by atomic mass is 28.4. The summed E-state index contributed by atoms with van der Waals surface area (Å²) < 4.78 is 14.1. The number of rotatable bonds is 9. The number of methoxy groups -OCH3 is 1. The summed E-state index contributed by atoms with van der Waals surface area (Å²) in [4.78, 5) is 33.7. The van der Waals surface area contributed by atoms with Gasteiger partial charge in [0.15, 0.2) is 8.32 Å². The number of hydrogen-bond donors (Lipinski definition) is 1. The highest BCUT2D eigenvalue weighted by molar-refractivity contribution is 6.69. The topological polar surface area (TPSA) is 79.3 Å². The monoisotopic (exact) mass is 647 g/mol. The van der Waals surface area contributed by atoms with E-state index in [4.69, 9.17) is 9.16 Å². The van der Waals surface area contributed by atoms with Gasteiger partial charge in [0.25, 0.3) is 5.91 Å². The Bertz CT molecular complexity index is 1580. The Labute approximate surface area is 275 Å². The summed E-state index contributed by atoms with van der Waals surface area (Å²) in [6.45, 7) is 18.4. The summed E-state index contributed by atoms with van der Waals surface area (Å²) in [5.74, 6) is 0.728. The van der Waals surface area contributed by atoms with Crippen LogP contribution in [0.5, 0.6) is 5.75 Å². The predicted octanol–water partition coefficient (Wildman–Crippen LogP) is 5.83. The van der Waals surface area contributed by atoms with Crippen LogP contribution >= 0.6 is 0 Å². The fourth-order valence-corrected chi connectivity index (χ4v) is 7.28. The summed E-state index contributed by atoms with van der Waals surface area (Å²) in [7, 11) is 3.89. The van der Waals surface area contributed by atoms with Crippen LogP contribution in [0, 0.1) is 0 Å². The van der Waals surface area contributed by atoms with E-state index >= 15 is 0 Å². The maximum atomic E-state index is 13.9. The minimum absolute atomic E-state index is 0.0363. The number of ether oxygens (including phenoxy) is 1. The molecule has 0 unspecified atom stereocenters. The molecule has 2 saturated heterocycles. The van der Waals surface area contributed by atoms with E-state index in [1.54, 1.807) is 7.11 Å². The lowest BCUT2D eigenvalue weighted by Gasteiger charge is -2.37. The molecule has 2 amide bonds. The molecule has 2 fully saturated rings. The van der Waals surface area contributed by atoms with Crippen LogP contribution in [0.3, 0.4) is 0 Å². The van der Waals surface area contributed by atoms with E-state index in [2.05, 4.69) is 86.8 Å². The van der Waals surface area contributed by atoms with Crippen LogP contribution in [0.25, 0.3) is 10.9 Å². The Morgan fingerprint density at radius 2 is 1.70 bits per heavy atom. The van der Waals surface area contributed by atoms with E-state index in [1.165, 1.54) is 5.56 Å². The Hall–Kier alpha value is -3.18. The molecule has 0 bridgehead atoms. The molecule has 3 heterocycles. The molecule has 2 aliphatic heterocycles. The number of nitrogens with zero attached hydrogens (tertiary/aromatic N) is 4. The average Bonchev–Trinajstić information content (AvgIpc) is 3.58. The highest BCUT2D eigenvalue weighted by Crippen LogP contribution is 2.37. The third-order valence-electron chi connectivity index (χ3n) is 9.40. The summed E-state index contributed by atoms with van der Waals surface area (Å²) in [6, 6.07) is 12.5. The van der Waals surface area contributed by atoms with Gasteiger partial charge in [-0.15, -0.1) is 0 Å². The molecule has 0 spiro atoms. The number of amides is 2. The number of carbonyl (C=O) groups excluding carboxylic acids is 2. The van der Waals surface area contributed by atoms with Crippen molar-refractivity contribution in [3.63, 3.8) is 0 Å². The number of aromatic nitrogens is 1. The van der Waals surface area contributed by atoms with Crippen molar-refractivity contribution in [2.24, 2.45) is 7.05 Å². The second kappa shape index (κ2) is 13.5. The van der Waals surface area contributed by atoms with Crippen LogP contribution in [0.15, 0.2) is 36.4 Å². The van der Waals surface area contributed by atoms with Crippen molar-refractivity contribution in [1.29, 1.82) is 0 Å². The van der Waals surface area contributed by atoms with Crippen molar-refractivity contribution in [3.8, 4) is 5.75 Å². The molecule has 10 heteroatoms. The molecule has 0 radical (unpaired) electrons. The predicted molar refractivity (Wildman–Crippen MR) is 188 cm³/mol. The van der Waals surface area contributed by atoms with Crippen molar-refractivity contribution in [3.05, 3.63) is 58.8 Å². The smallest absolute Gasteiger partial charge is 0.272 e. The molecule has 2 aliphatic rings. The lowest BCUT2D eigenvalue weighted by atomic mass is 9.85. The van der Waals surface area contributed by atoms with Crippen molar-refractivity contribution < 1.29 is 18.8 Å². The van der Waals surface area contributed by atoms with Crippen molar-refractivity contribution in [2.75, 3.05) is 52.2 Å². The number of aryl methyl sites for hydroxylation is 1. The van der Waals surface area contributed by atoms with Crippen molar-refractivity contribution in [1.82, 2.24) is 19.3 Å². The molecule has 250 valence electrons. The van der Waals surface area contributed by atoms with Crippen LogP contribution in [0.4, 0.5) is 5.69 Å². The molecular weight excluding hydrogens is 595 g/mol. The fraction of sp³-hybridized carbons (Fsp3) is 0.556. The molecule has 3 aromatic rings. The van der Waals surface area contributed by atoms with Gasteiger partial charge in [-0.25, -0.2) is 0 Å². The maximum absolute atomic E-state index is 13.9. The first-order valence-electron chi connectivity index (χ1n) is 16.6. The number of carbonyl (C=O) groups is 2. The van der Waals surface area contributed by atoms with Gasteiger partial charge in [-0.05, 0) is 80.8 Å². The molecule has 1 N–H and O–H groups in total. The van der Waals surface area contributed by atoms with Gasteiger partial charge in [0, 0.05) is 50.7 Å². The zero-order valence-corrected chi connectivity index (χ0v) is 30.3.